The Bertz CT molecular complexity index is 463. The van der Waals surface area contributed by atoms with Gasteiger partial charge in [0.15, 0.2) is 0 Å². The van der Waals surface area contributed by atoms with Crippen LogP contribution in [0.25, 0.3) is 0 Å². The van der Waals surface area contributed by atoms with Crippen LogP contribution in [0.2, 0.25) is 0 Å². The topological polar surface area (TPSA) is 61.8 Å². The van der Waals surface area contributed by atoms with Crippen LogP contribution < -0.4 is 5.32 Å². The van der Waals surface area contributed by atoms with Crippen molar-refractivity contribution in [1.29, 1.82) is 0 Å². The van der Waals surface area contributed by atoms with Gasteiger partial charge in [-0.2, -0.15) is 13.2 Å². The Morgan fingerprint density at radius 1 is 1.38 bits per heavy atom. The zero-order valence-corrected chi connectivity index (χ0v) is 11.6. The molecule has 118 valence electrons. The average molecular weight is 306 g/mol. The second-order valence-corrected chi connectivity index (χ2v) is 4.49. The Morgan fingerprint density at radius 2 is 1.95 bits per heavy atom. The molecule has 0 aliphatic rings. The number of hydrogen-bond acceptors (Lipinski definition) is 3. The summed E-state index contributed by atoms with van der Waals surface area (Å²) < 4.78 is 41.9. The smallest absolute Gasteiger partial charge is 0.389 e. The van der Waals surface area contributed by atoms with Crippen LogP contribution in [0.15, 0.2) is 24.3 Å². The number of hydrogen-bond donors (Lipinski definition) is 2. The number of ether oxygens (including phenoxy) is 1. The number of methoxy groups -OCH3 is 1. The molecule has 0 saturated carbocycles. The van der Waals surface area contributed by atoms with Crippen molar-refractivity contribution in [3.8, 4) is 0 Å². The first-order chi connectivity index (χ1) is 9.74. The molecule has 5 nitrogen and oxygen atoms in total. The maximum absolute atomic E-state index is 12.4. The van der Waals surface area contributed by atoms with E-state index in [0.29, 0.717) is 0 Å². The lowest BCUT2D eigenvalue weighted by atomic mass is 10.2. The molecule has 1 unspecified atom stereocenters. The summed E-state index contributed by atoms with van der Waals surface area (Å²) in [6.45, 7) is 0.123. The average Bonchev–Trinajstić information content (AvgIpc) is 2.38. The van der Waals surface area contributed by atoms with Crippen molar-refractivity contribution >= 4 is 11.7 Å². The van der Waals surface area contributed by atoms with Gasteiger partial charge in [0.2, 0.25) is 0 Å². The van der Waals surface area contributed by atoms with E-state index in [0.717, 1.165) is 12.1 Å². The van der Waals surface area contributed by atoms with E-state index in [1.165, 1.54) is 31.2 Å². The fourth-order valence-electron chi connectivity index (χ4n) is 1.61. The standard InChI is InChI=1S/C13H17F3N2O3/c1-18(7-11(19)8-21-2)12(20)17-10-5-3-9(4-6-10)13(14,15)16/h3-6,11,19H,7-8H2,1-2H3,(H,17,20). The number of aliphatic hydroxyl groups is 1. The van der Waals surface area contributed by atoms with Gasteiger partial charge in [-0.3, -0.25) is 0 Å². The Morgan fingerprint density at radius 3 is 2.43 bits per heavy atom. The van der Waals surface area contributed by atoms with Gasteiger partial charge in [0, 0.05) is 19.8 Å². The van der Waals surface area contributed by atoms with E-state index >= 15 is 0 Å². The molecule has 0 radical (unpaired) electrons. The summed E-state index contributed by atoms with van der Waals surface area (Å²) in [5.41, 5.74) is -0.551. The number of aliphatic hydroxyl groups excluding tert-OH is 1. The number of anilines is 1. The molecule has 0 fully saturated rings. The predicted molar refractivity (Wildman–Crippen MR) is 71.0 cm³/mol. The highest BCUT2D eigenvalue weighted by Crippen LogP contribution is 2.29. The van der Waals surface area contributed by atoms with Gasteiger partial charge in [0.25, 0.3) is 0 Å². The second kappa shape index (κ2) is 7.28. The number of urea groups is 1. The molecule has 1 rings (SSSR count). The Kier molecular flexibility index (Phi) is 5.98. The van der Waals surface area contributed by atoms with Gasteiger partial charge in [-0.05, 0) is 24.3 Å². The van der Waals surface area contributed by atoms with Crippen molar-refractivity contribution in [2.24, 2.45) is 0 Å². The van der Waals surface area contributed by atoms with Crippen molar-refractivity contribution in [2.45, 2.75) is 12.3 Å². The number of carbonyl (C=O) groups excluding carboxylic acids is 1. The number of amides is 2. The molecule has 0 aliphatic carbocycles. The first kappa shape index (κ1) is 17.3. The number of nitrogens with one attached hydrogen (secondary N) is 1. The van der Waals surface area contributed by atoms with E-state index in [1.54, 1.807) is 0 Å². The molecule has 0 heterocycles. The minimum Gasteiger partial charge on any atom is -0.389 e. The van der Waals surface area contributed by atoms with Crippen LogP contribution in [0.4, 0.5) is 23.7 Å². The van der Waals surface area contributed by atoms with Crippen molar-refractivity contribution in [3.63, 3.8) is 0 Å². The largest absolute Gasteiger partial charge is 0.416 e. The highest BCUT2D eigenvalue weighted by atomic mass is 19.4. The molecule has 1 atom stereocenters. The van der Waals surface area contributed by atoms with Crippen LogP contribution in [0, 0.1) is 0 Å². The highest BCUT2D eigenvalue weighted by Gasteiger charge is 2.30. The quantitative estimate of drug-likeness (QED) is 0.876. The molecule has 2 amide bonds. The van der Waals surface area contributed by atoms with Crippen LogP contribution in [0.3, 0.4) is 0 Å². The first-order valence-electron chi connectivity index (χ1n) is 6.10. The van der Waals surface area contributed by atoms with Gasteiger partial charge < -0.3 is 20.1 Å². The van der Waals surface area contributed by atoms with Gasteiger partial charge in [0.1, 0.15) is 0 Å². The summed E-state index contributed by atoms with van der Waals surface area (Å²) in [6, 6.07) is 3.57. The predicted octanol–water partition coefficient (Wildman–Crippen LogP) is 2.18. The van der Waals surface area contributed by atoms with E-state index in [2.05, 4.69) is 5.32 Å². The third kappa shape index (κ3) is 5.60. The van der Waals surface area contributed by atoms with Gasteiger partial charge in [0.05, 0.1) is 24.8 Å². The fraction of sp³-hybridized carbons (Fsp3) is 0.462. The summed E-state index contributed by atoms with van der Waals surface area (Å²) in [6.07, 6.45) is -5.25. The molecule has 21 heavy (non-hydrogen) atoms. The number of rotatable bonds is 5. The maximum Gasteiger partial charge on any atom is 0.416 e. The number of carbonyl (C=O) groups is 1. The lowest BCUT2D eigenvalue weighted by molar-refractivity contribution is -0.137. The lowest BCUT2D eigenvalue weighted by Gasteiger charge is -2.21. The third-order valence-electron chi connectivity index (χ3n) is 2.65. The van der Waals surface area contributed by atoms with Gasteiger partial charge >= 0.3 is 12.2 Å². The molecule has 0 spiro atoms. The monoisotopic (exact) mass is 306 g/mol. The number of alkyl halides is 3. The minimum absolute atomic E-state index is 0.0420. The summed E-state index contributed by atoms with van der Waals surface area (Å²) in [5, 5.41) is 11.9. The Balaban J connectivity index is 2.58. The number of halogens is 3. The number of nitrogens with zero attached hydrogens (tertiary/aromatic N) is 1. The molecular weight excluding hydrogens is 289 g/mol. The van der Waals surface area contributed by atoms with Crippen LogP contribution in [0.1, 0.15) is 5.56 Å². The van der Waals surface area contributed by atoms with Crippen LogP contribution in [-0.4, -0.2) is 49.5 Å². The van der Waals surface area contributed by atoms with Crippen molar-refractivity contribution in [2.75, 3.05) is 32.6 Å². The molecule has 0 aliphatic heterocycles. The molecule has 1 aromatic carbocycles. The second-order valence-electron chi connectivity index (χ2n) is 4.49. The zero-order valence-electron chi connectivity index (χ0n) is 11.6. The van der Waals surface area contributed by atoms with Gasteiger partial charge in [-0.15, -0.1) is 0 Å². The van der Waals surface area contributed by atoms with E-state index in [9.17, 15) is 23.1 Å². The third-order valence-corrected chi connectivity index (χ3v) is 2.65. The van der Waals surface area contributed by atoms with E-state index in [-0.39, 0.29) is 18.8 Å². The van der Waals surface area contributed by atoms with Gasteiger partial charge in [-0.1, -0.05) is 0 Å². The lowest BCUT2D eigenvalue weighted by Crippen LogP contribution is -2.38. The van der Waals surface area contributed by atoms with Crippen molar-refractivity contribution in [3.05, 3.63) is 29.8 Å². The van der Waals surface area contributed by atoms with Crippen molar-refractivity contribution < 1.29 is 27.8 Å². The van der Waals surface area contributed by atoms with Crippen LogP contribution in [0.5, 0.6) is 0 Å². The highest BCUT2D eigenvalue weighted by molar-refractivity contribution is 5.89. The normalized spacial score (nSPS) is 12.9. The molecule has 0 bridgehead atoms. The number of benzene rings is 1. The van der Waals surface area contributed by atoms with E-state index in [4.69, 9.17) is 4.74 Å². The van der Waals surface area contributed by atoms with Crippen LogP contribution in [-0.2, 0) is 10.9 Å². The van der Waals surface area contributed by atoms with Crippen LogP contribution >= 0.6 is 0 Å². The van der Waals surface area contributed by atoms with E-state index in [1.807, 2.05) is 0 Å². The Labute approximate surface area is 120 Å². The molecule has 0 saturated heterocycles. The molecule has 0 aromatic heterocycles. The summed E-state index contributed by atoms with van der Waals surface area (Å²) in [7, 11) is 2.88. The minimum atomic E-state index is -4.41. The summed E-state index contributed by atoms with van der Waals surface area (Å²) >= 11 is 0. The SMILES string of the molecule is COCC(O)CN(C)C(=O)Nc1ccc(C(F)(F)F)cc1. The first-order valence-corrected chi connectivity index (χ1v) is 6.10. The molecule has 1 aromatic rings. The molecule has 8 heteroatoms. The summed E-state index contributed by atoms with van der Waals surface area (Å²) in [4.78, 5) is 13.0. The number of likely N-dealkylation sites (N-methyl/N-ethyl adjacent to an activating group) is 1. The van der Waals surface area contributed by atoms with Gasteiger partial charge in [-0.25, -0.2) is 4.79 Å². The fourth-order valence-corrected chi connectivity index (χ4v) is 1.61. The van der Waals surface area contributed by atoms with E-state index < -0.39 is 23.9 Å². The van der Waals surface area contributed by atoms with Crippen molar-refractivity contribution in [1.82, 2.24) is 4.90 Å². The molecular formula is C13H17F3N2O3. The molecule has 2 N–H and O–H groups in total. The Hall–Kier alpha value is -1.80. The summed E-state index contributed by atoms with van der Waals surface area (Å²) in [5.74, 6) is 0. The maximum atomic E-state index is 12.4. The zero-order chi connectivity index (χ0) is 16.0.